The van der Waals surface area contributed by atoms with E-state index in [0.717, 1.165) is 0 Å². The van der Waals surface area contributed by atoms with Crippen molar-refractivity contribution in [3.8, 4) is 17.2 Å². The van der Waals surface area contributed by atoms with Crippen molar-refractivity contribution in [2.75, 3.05) is 61.2 Å². The number of nitrogens with zero attached hydrogens (tertiary/aromatic N) is 3. The molecule has 2 atom stereocenters. The molecule has 0 aromatic heterocycles. The van der Waals surface area contributed by atoms with Gasteiger partial charge in [0.25, 0.3) is 5.91 Å². The Balaban J connectivity index is 1.62. The van der Waals surface area contributed by atoms with E-state index in [1.165, 1.54) is 4.90 Å². The first-order valence-corrected chi connectivity index (χ1v) is 13.5. The summed E-state index contributed by atoms with van der Waals surface area (Å²) in [7, 11) is 6.31. The molecule has 220 valence electrons. The first-order chi connectivity index (χ1) is 19.7. The number of hydrogen-bond acceptors (Lipinski definition) is 8. The van der Waals surface area contributed by atoms with E-state index in [9.17, 15) is 14.4 Å². The minimum absolute atomic E-state index is 0.0487. The molecule has 0 bridgehead atoms. The minimum atomic E-state index is -0.771. The Morgan fingerprint density at radius 1 is 0.951 bits per heavy atom. The van der Waals surface area contributed by atoms with Crippen molar-refractivity contribution < 1.29 is 33.3 Å². The summed E-state index contributed by atoms with van der Waals surface area (Å²) in [5, 5.41) is 2.94. The lowest BCUT2D eigenvalue weighted by molar-refractivity contribution is -0.139. The van der Waals surface area contributed by atoms with Crippen LogP contribution < -0.4 is 19.5 Å². The lowest BCUT2D eigenvalue weighted by Gasteiger charge is -2.42. The fraction of sp³-hybridized carbons (Fsp3) is 0.433. The summed E-state index contributed by atoms with van der Waals surface area (Å²) in [6.07, 6.45) is 0. The lowest BCUT2D eigenvalue weighted by Crippen LogP contribution is -2.56. The number of carbonyl (C=O) groups excluding carboxylic acids is 3. The highest BCUT2D eigenvalue weighted by atomic mass is 16.5. The van der Waals surface area contributed by atoms with Crippen LogP contribution in [-0.2, 0) is 9.53 Å². The van der Waals surface area contributed by atoms with E-state index in [2.05, 4.69) is 10.2 Å². The van der Waals surface area contributed by atoms with Crippen molar-refractivity contribution in [3.05, 3.63) is 64.9 Å². The van der Waals surface area contributed by atoms with Crippen LogP contribution in [0.25, 0.3) is 0 Å². The van der Waals surface area contributed by atoms with Crippen LogP contribution in [0.1, 0.15) is 35.8 Å². The number of rotatable bonds is 9. The van der Waals surface area contributed by atoms with Gasteiger partial charge in [-0.2, -0.15) is 0 Å². The molecular weight excluding hydrogens is 528 g/mol. The Labute approximate surface area is 240 Å². The monoisotopic (exact) mass is 566 g/mol. The SMILES string of the molecule is CCOC(=O)C1=C(CN2CCN(C(=O)c3ccc(OC)cc3)C(C)C2)N(C)C(=O)NC1c1cc(OC)cc(OC)c1. The zero-order valence-electron chi connectivity index (χ0n) is 24.4. The van der Waals surface area contributed by atoms with Gasteiger partial charge in [0.1, 0.15) is 17.2 Å². The van der Waals surface area contributed by atoms with Crippen LogP contribution in [0.5, 0.6) is 17.2 Å². The first kappa shape index (κ1) is 29.7. The number of benzene rings is 2. The Morgan fingerprint density at radius 2 is 1.59 bits per heavy atom. The van der Waals surface area contributed by atoms with Crippen molar-refractivity contribution in [1.82, 2.24) is 20.0 Å². The van der Waals surface area contributed by atoms with Crippen LogP contribution >= 0.6 is 0 Å². The molecule has 1 N–H and O–H groups in total. The highest BCUT2D eigenvalue weighted by molar-refractivity contribution is 5.95. The summed E-state index contributed by atoms with van der Waals surface area (Å²) in [6.45, 7) is 5.88. The number of ether oxygens (including phenoxy) is 4. The molecule has 4 rings (SSSR count). The Morgan fingerprint density at radius 3 is 2.15 bits per heavy atom. The minimum Gasteiger partial charge on any atom is -0.497 e. The first-order valence-electron chi connectivity index (χ1n) is 13.5. The van der Waals surface area contributed by atoms with E-state index < -0.39 is 12.0 Å². The second kappa shape index (κ2) is 12.9. The Kier molecular flexibility index (Phi) is 9.38. The van der Waals surface area contributed by atoms with Crippen LogP contribution in [0.4, 0.5) is 4.79 Å². The average molecular weight is 567 g/mol. The number of nitrogens with one attached hydrogen (secondary N) is 1. The third-order valence-corrected chi connectivity index (χ3v) is 7.46. The maximum Gasteiger partial charge on any atom is 0.338 e. The number of methoxy groups -OCH3 is 3. The van der Waals surface area contributed by atoms with Gasteiger partial charge in [-0.25, -0.2) is 9.59 Å². The average Bonchev–Trinajstić information content (AvgIpc) is 2.98. The van der Waals surface area contributed by atoms with E-state index in [1.54, 1.807) is 77.8 Å². The fourth-order valence-electron chi connectivity index (χ4n) is 5.23. The summed E-state index contributed by atoms with van der Waals surface area (Å²) >= 11 is 0. The number of carbonyl (C=O) groups is 3. The zero-order valence-corrected chi connectivity index (χ0v) is 24.4. The number of likely N-dealkylation sites (N-methyl/N-ethyl adjacent to an activating group) is 1. The Hall–Kier alpha value is -4.25. The molecule has 1 fully saturated rings. The van der Waals surface area contributed by atoms with E-state index in [0.29, 0.717) is 65.8 Å². The maximum absolute atomic E-state index is 13.4. The third kappa shape index (κ3) is 6.40. The summed E-state index contributed by atoms with van der Waals surface area (Å²) in [4.78, 5) is 45.3. The number of hydrogen-bond donors (Lipinski definition) is 1. The van der Waals surface area contributed by atoms with E-state index >= 15 is 0 Å². The van der Waals surface area contributed by atoms with Crippen LogP contribution in [0, 0.1) is 0 Å². The molecule has 11 nitrogen and oxygen atoms in total. The number of piperazine rings is 1. The molecule has 2 aromatic carbocycles. The standard InChI is InChI=1S/C30H38N4O7/c1-7-41-29(36)26-25(32(3)30(37)31-27(26)21-14-23(39-5)16-24(15-21)40-6)18-33-12-13-34(19(2)17-33)28(35)20-8-10-22(38-4)11-9-20/h8-11,14-16,19,27H,7,12-13,17-18H2,1-6H3,(H,31,37). The van der Waals surface area contributed by atoms with Crippen molar-refractivity contribution in [1.29, 1.82) is 0 Å². The van der Waals surface area contributed by atoms with Crippen molar-refractivity contribution in [2.24, 2.45) is 0 Å². The molecule has 41 heavy (non-hydrogen) atoms. The van der Waals surface area contributed by atoms with Gasteiger partial charge in [0.2, 0.25) is 0 Å². The van der Waals surface area contributed by atoms with Crippen molar-refractivity contribution in [3.63, 3.8) is 0 Å². The highest BCUT2D eigenvalue weighted by Crippen LogP contribution is 2.35. The highest BCUT2D eigenvalue weighted by Gasteiger charge is 2.39. The molecule has 2 heterocycles. The van der Waals surface area contributed by atoms with Gasteiger partial charge in [-0.05, 0) is 55.8 Å². The van der Waals surface area contributed by atoms with Crippen LogP contribution in [0.3, 0.4) is 0 Å². The summed E-state index contributed by atoms with van der Waals surface area (Å²) < 4.78 is 21.5. The maximum atomic E-state index is 13.4. The Bertz CT molecular complexity index is 1290. The molecule has 2 aliphatic heterocycles. The third-order valence-electron chi connectivity index (χ3n) is 7.46. The molecular formula is C30H38N4O7. The summed E-state index contributed by atoms with van der Waals surface area (Å²) in [5.41, 5.74) is 2.11. The number of urea groups is 1. The van der Waals surface area contributed by atoms with Crippen LogP contribution in [0.2, 0.25) is 0 Å². The van der Waals surface area contributed by atoms with Gasteiger partial charge in [0, 0.05) is 56.6 Å². The molecule has 0 radical (unpaired) electrons. The largest absolute Gasteiger partial charge is 0.497 e. The fourth-order valence-corrected chi connectivity index (χ4v) is 5.23. The summed E-state index contributed by atoms with van der Waals surface area (Å²) in [5.74, 6) is 1.19. The molecule has 0 saturated carbocycles. The van der Waals surface area contributed by atoms with E-state index in [-0.39, 0.29) is 24.6 Å². The summed E-state index contributed by atoms with van der Waals surface area (Å²) in [6, 6.07) is 11.1. The molecule has 2 unspecified atom stereocenters. The van der Waals surface area contributed by atoms with E-state index in [1.807, 2.05) is 11.8 Å². The number of esters is 1. The molecule has 0 spiro atoms. The van der Waals surface area contributed by atoms with Gasteiger partial charge in [-0.1, -0.05) is 0 Å². The lowest BCUT2D eigenvalue weighted by atomic mass is 9.93. The second-order valence-electron chi connectivity index (χ2n) is 9.98. The van der Waals surface area contributed by atoms with Gasteiger partial charge >= 0.3 is 12.0 Å². The molecule has 0 aliphatic carbocycles. The zero-order chi connectivity index (χ0) is 29.7. The molecule has 11 heteroatoms. The normalized spacial score (nSPS) is 19.5. The quantitative estimate of drug-likeness (QED) is 0.462. The van der Waals surface area contributed by atoms with Gasteiger partial charge in [0.05, 0.1) is 39.6 Å². The molecule has 2 aromatic rings. The number of amides is 3. The van der Waals surface area contributed by atoms with Crippen LogP contribution in [0.15, 0.2) is 53.7 Å². The predicted molar refractivity (Wildman–Crippen MR) is 152 cm³/mol. The van der Waals surface area contributed by atoms with Crippen LogP contribution in [-0.4, -0.2) is 99.8 Å². The van der Waals surface area contributed by atoms with Gasteiger partial charge in [-0.3, -0.25) is 14.6 Å². The van der Waals surface area contributed by atoms with Gasteiger partial charge < -0.3 is 29.2 Å². The topological polar surface area (TPSA) is 110 Å². The van der Waals surface area contributed by atoms with Gasteiger partial charge in [-0.15, -0.1) is 0 Å². The van der Waals surface area contributed by atoms with Gasteiger partial charge in [0.15, 0.2) is 0 Å². The van der Waals surface area contributed by atoms with Crippen molar-refractivity contribution in [2.45, 2.75) is 25.9 Å². The van der Waals surface area contributed by atoms with E-state index in [4.69, 9.17) is 18.9 Å². The smallest absolute Gasteiger partial charge is 0.338 e. The molecule has 3 amide bonds. The molecule has 2 aliphatic rings. The molecule has 1 saturated heterocycles. The predicted octanol–water partition coefficient (Wildman–Crippen LogP) is 3.07. The second-order valence-corrected chi connectivity index (χ2v) is 9.98. The van der Waals surface area contributed by atoms with Crippen molar-refractivity contribution >= 4 is 17.9 Å².